The molecule has 1 heterocycles. The number of carboxylic acid groups (broad SMARTS) is 1. The van der Waals surface area contributed by atoms with Gasteiger partial charge in [-0.15, -0.1) is 0 Å². The maximum Gasteiger partial charge on any atom is 0.307 e. The Kier molecular flexibility index (Phi) is 4.50. The van der Waals surface area contributed by atoms with Crippen molar-refractivity contribution in [1.82, 2.24) is 4.98 Å². The van der Waals surface area contributed by atoms with E-state index >= 15 is 0 Å². The van der Waals surface area contributed by atoms with Gasteiger partial charge >= 0.3 is 5.97 Å². The molecule has 0 aliphatic heterocycles. The normalized spacial score (nSPS) is 9.95. The van der Waals surface area contributed by atoms with Crippen molar-refractivity contribution in [3.05, 3.63) is 53.9 Å². The third-order valence-electron chi connectivity index (χ3n) is 2.79. The van der Waals surface area contributed by atoms with E-state index in [1.165, 1.54) is 19.5 Å². The van der Waals surface area contributed by atoms with Crippen molar-refractivity contribution in [3.63, 3.8) is 0 Å². The molecule has 0 aliphatic rings. The highest BCUT2D eigenvalue weighted by molar-refractivity contribution is 6.06. The first kappa shape index (κ1) is 14.5. The van der Waals surface area contributed by atoms with Crippen LogP contribution in [-0.2, 0) is 11.2 Å². The second-order valence-corrected chi connectivity index (χ2v) is 4.30. The molecule has 2 aromatic rings. The maximum absolute atomic E-state index is 12.2. The highest BCUT2D eigenvalue weighted by atomic mass is 16.5. The second-order valence-electron chi connectivity index (χ2n) is 4.30. The smallest absolute Gasteiger partial charge is 0.307 e. The quantitative estimate of drug-likeness (QED) is 0.877. The van der Waals surface area contributed by atoms with Crippen LogP contribution in [0.1, 0.15) is 15.9 Å². The fourth-order valence-corrected chi connectivity index (χ4v) is 1.86. The van der Waals surface area contributed by atoms with Crippen LogP contribution in [0.15, 0.2) is 42.7 Å². The number of carboxylic acids is 1. The van der Waals surface area contributed by atoms with E-state index in [0.29, 0.717) is 22.6 Å². The summed E-state index contributed by atoms with van der Waals surface area (Å²) in [7, 11) is 1.46. The van der Waals surface area contributed by atoms with Gasteiger partial charge < -0.3 is 15.2 Å². The summed E-state index contributed by atoms with van der Waals surface area (Å²) in [4.78, 5) is 26.8. The monoisotopic (exact) mass is 286 g/mol. The van der Waals surface area contributed by atoms with E-state index in [2.05, 4.69) is 10.3 Å². The lowest BCUT2D eigenvalue weighted by atomic mass is 10.1. The number of nitrogens with one attached hydrogen (secondary N) is 1. The van der Waals surface area contributed by atoms with E-state index in [4.69, 9.17) is 9.84 Å². The highest BCUT2D eigenvalue weighted by Gasteiger charge is 2.12. The van der Waals surface area contributed by atoms with Crippen molar-refractivity contribution in [2.45, 2.75) is 6.42 Å². The number of aliphatic carboxylic acids is 1. The van der Waals surface area contributed by atoms with Crippen molar-refractivity contribution in [1.29, 1.82) is 0 Å². The molecule has 2 rings (SSSR count). The van der Waals surface area contributed by atoms with Crippen molar-refractivity contribution >= 4 is 17.6 Å². The van der Waals surface area contributed by atoms with Gasteiger partial charge in [0.05, 0.1) is 25.3 Å². The third-order valence-corrected chi connectivity index (χ3v) is 2.79. The molecule has 0 bridgehead atoms. The van der Waals surface area contributed by atoms with Crippen LogP contribution >= 0.6 is 0 Å². The molecule has 0 aliphatic carbocycles. The Labute approximate surface area is 121 Å². The lowest BCUT2D eigenvalue weighted by Crippen LogP contribution is -2.13. The van der Waals surface area contributed by atoms with Crippen LogP contribution < -0.4 is 10.1 Å². The fraction of sp³-hybridized carbons (Fsp3) is 0.133. The summed E-state index contributed by atoms with van der Waals surface area (Å²) in [5.41, 5.74) is 1.50. The summed E-state index contributed by atoms with van der Waals surface area (Å²) in [6.45, 7) is 0. The summed E-state index contributed by atoms with van der Waals surface area (Å²) in [6.07, 6.45) is 2.86. The Morgan fingerprint density at radius 2 is 2.14 bits per heavy atom. The van der Waals surface area contributed by atoms with E-state index in [0.717, 1.165) is 0 Å². The van der Waals surface area contributed by atoms with Crippen LogP contribution in [-0.4, -0.2) is 29.1 Å². The van der Waals surface area contributed by atoms with E-state index < -0.39 is 5.97 Å². The third kappa shape index (κ3) is 3.79. The van der Waals surface area contributed by atoms with E-state index in [9.17, 15) is 9.59 Å². The zero-order valence-electron chi connectivity index (χ0n) is 11.4. The van der Waals surface area contributed by atoms with Gasteiger partial charge in [0, 0.05) is 11.9 Å². The topological polar surface area (TPSA) is 88.5 Å². The van der Waals surface area contributed by atoms with Gasteiger partial charge in [0.1, 0.15) is 5.75 Å². The number of benzene rings is 1. The minimum absolute atomic E-state index is 0.0950. The summed E-state index contributed by atoms with van der Waals surface area (Å²) >= 11 is 0. The predicted molar refractivity (Wildman–Crippen MR) is 76.5 cm³/mol. The fourth-order valence-electron chi connectivity index (χ4n) is 1.86. The molecule has 0 unspecified atom stereocenters. The van der Waals surface area contributed by atoms with Crippen LogP contribution in [0, 0.1) is 0 Å². The Morgan fingerprint density at radius 3 is 2.86 bits per heavy atom. The number of carbonyl (C=O) groups is 2. The molecule has 6 heteroatoms. The Morgan fingerprint density at radius 1 is 1.33 bits per heavy atom. The van der Waals surface area contributed by atoms with Gasteiger partial charge in [0.15, 0.2) is 0 Å². The number of nitrogens with zero attached hydrogens (tertiary/aromatic N) is 1. The first-order chi connectivity index (χ1) is 10.1. The average Bonchev–Trinajstić information content (AvgIpc) is 2.46. The van der Waals surface area contributed by atoms with Crippen molar-refractivity contribution in [2.75, 3.05) is 12.4 Å². The molecule has 0 saturated carbocycles. The van der Waals surface area contributed by atoms with Gasteiger partial charge in [-0.25, -0.2) is 0 Å². The zero-order chi connectivity index (χ0) is 15.2. The van der Waals surface area contributed by atoms with Crippen molar-refractivity contribution < 1.29 is 19.4 Å². The first-order valence-electron chi connectivity index (χ1n) is 6.20. The van der Waals surface area contributed by atoms with E-state index in [-0.39, 0.29) is 12.3 Å². The maximum atomic E-state index is 12.2. The molecule has 6 nitrogen and oxygen atoms in total. The Hall–Kier alpha value is -2.89. The number of pyridine rings is 1. The van der Waals surface area contributed by atoms with Gasteiger partial charge in [0.25, 0.3) is 5.91 Å². The molecule has 0 saturated heterocycles. The molecule has 1 amide bonds. The zero-order valence-corrected chi connectivity index (χ0v) is 11.4. The molecule has 0 spiro atoms. The number of anilines is 1. The van der Waals surface area contributed by atoms with Crippen LogP contribution in [0.4, 0.5) is 5.69 Å². The molecule has 108 valence electrons. The predicted octanol–water partition coefficient (Wildman–Crippen LogP) is 1.97. The van der Waals surface area contributed by atoms with E-state index in [1.807, 2.05) is 0 Å². The molecule has 21 heavy (non-hydrogen) atoms. The number of ether oxygens (including phenoxy) is 1. The van der Waals surface area contributed by atoms with Crippen molar-refractivity contribution in [3.8, 4) is 5.75 Å². The minimum atomic E-state index is -0.922. The largest absolute Gasteiger partial charge is 0.494 e. The van der Waals surface area contributed by atoms with Crippen LogP contribution in [0.25, 0.3) is 0 Å². The number of methoxy groups -OCH3 is 1. The number of hydrogen-bond donors (Lipinski definition) is 2. The van der Waals surface area contributed by atoms with Crippen molar-refractivity contribution in [2.24, 2.45) is 0 Å². The minimum Gasteiger partial charge on any atom is -0.494 e. The van der Waals surface area contributed by atoms with Gasteiger partial charge in [-0.05, 0) is 23.8 Å². The number of amides is 1. The Balaban J connectivity index is 2.17. The molecule has 0 radical (unpaired) electrons. The molecule has 2 N–H and O–H groups in total. The molecule has 0 atom stereocenters. The average molecular weight is 286 g/mol. The summed E-state index contributed by atoms with van der Waals surface area (Å²) < 4.78 is 5.08. The van der Waals surface area contributed by atoms with Crippen LogP contribution in [0.5, 0.6) is 5.75 Å². The number of aromatic nitrogens is 1. The molecule has 1 aromatic heterocycles. The molecule has 1 aromatic carbocycles. The lowest BCUT2D eigenvalue weighted by molar-refractivity contribution is -0.136. The van der Waals surface area contributed by atoms with Gasteiger partial charge in [-0.1, -0.05) is 12.1 Å². The number of rotatable bonds is 5. The number of carbonyl (C=O) groups excluding carboxylic acids is 1. The van der Waals surface area contributed by atoms with Crippen LogP contribution in [0.3, 0.4) is 0 Å². The summed E-state index contributed by atoms with van der Waals surface area (Å²) in [6, 6.07) is 8.25. The molecular weight excluding hydrogens is 272 g/mol. The van der Waals surface area contributed by atoms with Gasteiger partial charge in [0.2, 0.25) is 0 Å². The highest BCUT2D eigenvalue weighted by Crippen LogP contribution is 2.18. The second kappa shape index (κ2) is 6.51. The van der Waals surface area contributed by atoms with Gasteiger partial charge in [-0.2, -0.15) is 0 Å². The Bertz CT molecular complexity index is 670. The van der Waals surface area contributed by atoms with Crippen LogP contribution in [0.2, 0.25) is 0 Å². The lowest BCUT2D eigenvalue weighted by Gasteiger charge is -2.09. The standard InChI is InChI=1S/C15H14N2O4/c1-21-13-9-16-6-5-12(13)15(20)17-11-4-2-3-10(7-11)8-14(18)19/h2-7,9H,8H2,1H3,(H,17,20)(H,18,19). The van der Waals surface area contributed by atoms with Gasteiger partial charge in [-0.3, -0.25) is 14.6 Å². The molecule has 0 fully saturated rings. The SMILES string of the molecule is COc1cnccc1C(=O)Nc1cccc(CC(=O)O)c1. The summed E-state index contributed by atoms with van der Waals surface area (Å²) in [5, 5.41) is 11.5. The van der Waals surface area contributed by atoms with E-state index in [1.54, 1.807) is 30.3 Å². The summed E-state index contributed by atoms with van der Waals surface area (Å²) in [5.74, 6) is -0.896. The molecular formula is C15H14N2O4. The number of hydrogen-bond acceptors (Lipinski definition) is 4. The first-order valence-corrected chi connectivity index (χ1v) is 6.20.